The molecule has 7 heteroatoms. The van der Waals surface area contributed by atoms with Crippen molar-refractivity contribution in [1.29, 1.82) is 0 Å². The molecule has 1 aliphatic rings. The van der Waals surface area contributed by atoms with E-state index in [1.165, 1.54) is 0 Å². The number of hydrogen-bond donors (Lipinski definition) is 2. The highest BCUT2D eigenvalue weighted by Gasteiger charge is 2.16. The summed E-state index contributed by atoms with van der Waals surface area (Å²) in [7, 11) is 1.74. The fourth-order valence-corrected chi connectivity index (χ4v) is 2.49. The van der Waals surface area contributed by atoms with Gasteiger partial charge in [-0.3, -0.25) is 9.69 Å². The van der Waals surface area contributed by atoms with E-state index in [4.69, 9.17) is 16.3 Å². The summed E-state index contributed by atoms with van der Waals surface area (Å²) >= 11 is 5.91. The number of halogens is 1. The van der Waals surface area contributed by atoms with Crippen molar-refractivity contribution in [2.75, 3.05) is 45.2 Å². The second-order valence-electron chi connectivity index (χ2n) is 5.10. The molecular formula is C14H21ClN4O2. The van der Waals surface area contributed by atoms with Gasteiger partial charge >= 0.3 is 0 Å². The van der Waals surface area contributed by atoms with Crippen molar-refractivity contribution >= 4 is 23.3 Å². The minimum absolute atomic E-state index is 0.0561. The molecule has 0 radical (unpaired) electrons. The molecule has 1 atom stereocenters. The Morgan fingerprint density at radius 2 is 2.19 bits per heavy atom. The second-order valence-corrected chi connectivity index (χ2v) is 5.49. The molecule has 2 rings (SSSR count). The highest BCUT2D eigenvalue weighted by atomic mass is 35.5. The predicted molar refractivity (Wildman–Crippen MR) is 83.0 cm³/mol. The number of ether oxygens (including phenoxy) is 1. The zero-order valence-corrected chi connectivity index (χ0v) is 13.1. The first-order chi connectivity index (χ1) is 10.1. The third-order valence-corrected chi connectivity index (χ3v) is 3.52. The Labute approximate surface area is 129 Å². The maximum absolute atomic E-state index is 12.2. The second kappa shape index (κ2) is 7.59. The molecule has 21 heavy (non-hydrogen) atoms. The van der Waals surface area contributed by atoms with Crippen LogP contribution in [0.25, 0.3) is 0 Å². The Kier molecular flexibility index (Phi) is 5.78. The van der Waals surface area contributed by atoms with Crippen molar-refractivity contribution in [2.45, 2.75) is 13.0 Å². The van der Waals surface area contributed by atoms with E-state index < -0.39 is 0 Å². The molecule has 1 aromatic heterocycles. The number of nitrogens with zero attached hydrogens (tertiary/aromatic N) is 2. The summed E-state index contributed by atoms with van der Waals surface area (Å²) in [4.78, 5) is 18.6. The Hall–Kier alpha value is -1.37. The van der Waals surface area contributed by atoms with Gasteiger partial charge in [0.05, 0.1) is 13.2 Å². The van der Waals surface area contributed by atoms with Crippen molar-refractivity contribution in [3.05, 3.63) is 22.8 Å². The van der Waals surface area contributed by atoms with Crippen LogP contribution in [0, 0.1) is 0 Å². The monoisotopic (exact) mass is 312 g/mol. The zero-order valence-electron chi connectivity index (χ0n) is 12.4. The van der Waals surface area contributed by atoms with E-state index in [0.29, 0.717) is 16.5 Å². The minimum Gasteiger partial charge on any atom is -0.379 e. The van der Waals surface area contributed by atoms with Gasteiger partial charge in [0.1, 0.15) is 11.0 Å². The largest absolute Gasteiger partial charge is 0.379 e. The van der Waals surface area contributed by atoms with Crippen molar-refractivity contribution < 1.29 is 9.53 Å². The molecule has 1 unspecified atom stereocenters. The van der Waals surface area contributed by atoms with Gasteiger partial charge in [-0.15, -0.1) is 0 Å². The number of morpholine rings is 1. The van der Waals surface area contributed by atoms with E-state index in [1.54, 1.807) is 19.2 Å². The minimum atomic E-state index is -0.142. The first-order valence-electron chi connectivity index (χ1n) is 7.05. The fraction of sp³-hybridized carbons (Fsp3) is 0.571. The van der Waals surface area contributed by atoms with Crippen LogP contribution in [-0.4, -0.2) is 61.7 Å². The Bertz CT molecular complexity index is 492. The fourth-order valence-electron chi connectivity index (χ4n) is 2.28. The predicted octanol–water partition coefficient (Wildman–Crippen LogP) is 1.23. The van der Waals surface area contributed by atoms with E-state index >= 15 is 0 Å². The molecule has 2 N–H and O–H groups in total. The van der Waals surface area contributed by atoms with Crippen LogP contribution < -0.4 is 10.6 Å². The normalized spacial score (nSPS) is 17.3. The van der Waals surface area contributed by atoms with Crippen LogP contribution in [-0.2, 0) is 4.74 Å². The Balaban J connectivity index is 1.92. The third-order valence-electron chi connectivity index (χ3n) is 3.33. The molecule has 116 valence electrons. The number of pyridine rings is 1. The number of amides is 1. The number of rotatable bonds is 5. The average Bonchev–Trinajstić information content (AvgIpc) is 2.47. The number of carbonyl (C=O) groups is 1. The molecule has 1 fully saturated rings. The first kappa shape index (κ1) is 16.0. The molecule has 1 amide bonds. The Morgan fingerprint density at radius 1 is 1.48 bits per heavy atom. The molecule has 1 saturated heterocycles. The van der Waals surface area contributed by atoms with Gasteiger partial charge < -0.3 is 15.4 Å². The van der Waals surface area contributed by atoms with E-state index in [9.17, 15) is 4.79 Å². The molecule has 0 aromatic carbocycles. The number of aromatic nitrogens is 1. The van der Waals surface area contributed by atoms with E-state index in [-0.39, 0.29) is 11.9 Å². The van der Waals surface area contributed by atoms with Gasteiger partial charge in [0.15, 0.2) is 0 Å². The average molecular weight is 313 g/mol. The lowest BCUT2D eigenvalue weighted by molar-refractivity contribution is 0.0342. The molecule has 0 bridgehead atoms. The highest BCUT2D eigenvalue weighted by molar-refractivity contribution is 6.29. The maximum Gasteiger partial charge on any atom is 0.251 e. The highest BCUT2D eigenvalue weighted by Crippen LogP contribution is 2.14. The van der Waals surface area contributed by atoms with Gasteiger partial charge in [-0.2, -0.15) is 0 Å². The van der Waals surface area contributed by atoms with E-state index in [2.05, 4.69) is 20.5 Å². The lowest BCUT2D eigenvalue weighted by Gasteiger charge is -2.29. The van der Waals surface area contributed by atoms with Crippen molar-refractivity contribution in [3.8, 4) is 0 Å². The van der Waals surface area contributed by atoms with Gasteiger partial charge in [0, 0.05) is 38.3 Å². The smallest absolute Gasteiger partial charge is 0.251 e. The molecule has 0 spiro atoms. The van der Waals surface area contributed by atoms with Crippen LogP contribution in [0.5, 0.6) is 0 Å². The standard InChI is InChI=1S/C14H21ClN4O2/c1-10(9-19-3-5-21-6-4-19)17-14(20)11-7-12(15)18-13(8-11)16-2/h7-8,10H,3-6,9H2,1-2H3,(H,16,18)(H,17,20). The van der Waals surface area contributed by atoms with Crippen LogP contribution >= 0.6 is 11.6 Å². The quantitative estimate of drug-likeness (QED) is 0.801. The van der Waals surface area contributed by atoms with E-state index in [0.717, 1.165) is 32.8 Å². The number of nitrogens with one attached hydrogen (secondary N) is 2. The van der Waals surface area contributed by atoms with Crippen LogP contribution in [0.3, 0.4) is 0 Å². The maximum atomic E-state index is 12.2. The summed E-state index contributed by atoms with van der Waals surface area (Å²) in [6.07, 6.45) is 0. The molecule has 6 nitrogen and oxygen atoms in total. The summed E-state index contributed by atoms with van der Waals surface area (Å²) < 4.78 is 5.31. The third kappa shape index (κ3) is 4.84. The molecule has 1 aromatic rings. The van der Waals surface area contributed by atoms with Gasteiger partial charge in [-0.05, 0) is 19.1 Å². The van der Waals surface area contributed by atoms with Gasteiger partial charge in [-0.1, -0.05) is 11.6 Å². The summed E-state index contributed by atoms with van der Waals surface area (Å²) in [5.74, 6) is 0.435. The molecular weight excluding hydrogens is 292 g/mol. The molecule has 0 aliphatic carbocycles. The lowest BCUT2D eigenvalue weighted by Crippen LogP contribution is -2.46. The SMILES string of the molecule is CNc1cc(C(=O)NC(C)CN2CCOCC2)cc(Cl)n1. The lowest BCUT2D eigenvalue weighted by atomic mass is 10.2. The van der Waals surface area contributed by atoms with Crippen molar-refractivity contribution in [3.63, 3.8) is 0 Å². The summed E-state index contributed by atoms with van der Waals surface area (Å²) in [6.45, 7) is 6.14. The molecule has 2 heterocycles. The molecule has 0 saturated carbocycles. The number of carbonyl (C=O) groups excluding carboxylic acids is 1. The van der Waals surface area contributed by atoms with Crippen LogP contribution in [0.4, 0.5) is 5.82 Å². The summed E-state index contributed by atoms with van der Waals surface area (Å²) in [5, 5.41) is 6.17. The van der Waals surface area contributed by atoms with Crippen molar-refractivity contribution in [2.24, 2.45) is 0 Å². The number of anilines is 1. The Morgan fingerprint density at radius 3 is 2.86 bits per heavy atom. The summed E-state index contributed by atoms with van der Waals surface area (Å²) in [5.41, 5.74) is 0.508. The van der Waals surface area contributed by atoms with Crippen molar-refractivity contribution in [1.82, 2.24) is 15.2 Å². The van der Waals surface area contributed by atoms with Gasteiger partial charge in [-0.25, -0.2) is 4.98 Å². The zero-order chi connectivity index (χ0) is 15.2. The first-order valence-corrected chi connectivity index (χ1v) is 7.42. The number of hydrogen-bond acceptors (Lipinski definition) is 5. The van der Waals surface area contributed by atoms with Crippen LogP contribution in [0.15, 0.2) is 12.1 Å². The molecule has 1 aliphatic heterocycles. The van der Waals surface area contributed by atoms with Gasteiger partial charge in [0.25, 0.3) is 5.91 Å². The van der Waals surface area contributed by atoms with E-state index in [1.807, 2.05) is 6.92 Å². The topological polar surface area (TPSA) is 66.5 Å². The summed E-state index contributed by atoms with van der Waals surface area (Å²) in [6, 6.07) is 3.31. The van der Waals surface area contributed by atoms with Crippen LogP contribution in [0.2, 0.25) is 5.15 Å². The van der Waals surface area contributed by atoms with Gasteiger partial charge in [0.2, 0.25) is 0 Å². The van der Waals surface area contributed by atoms with Crippen LogP contribution in [0.1, 0.15) is 17.3 Å².